The molecular weight excluding hydrogens is 566 g/mol. The van der Waals surface area contributed by atoms with Crippen LogP contribution in [0.1, 0.15) is 120 Å². The summed E-state index contributed by atoms with van der Waals surface area (Å²) in [6.07, 6.45) is 11.9. The molecule has 4 atom stereocenters. The van der Waals surface area contributed by atoms with Crippen LogP contribution in [0.15, 0.2) is 11.6 Å². The molecular formula is C36H63N5O4. The molecule has 9 heteroatoms. The Kier molecular flexibility index (Phi) is 13.5. The molecule has 3 aliphatic rings. The van der Waals surface area contributed by atoms with Crippen LogP contribution in [-0.2, 0) is 19.2 Å². The van der Waals surface area contributed by atoms with E-state index < -0.39 is 17.5 Å². The SMILES string of the molecule is C/C(=C\[C@H](C(C)C)N(C)C(=O)[C@@H](NC(=O)C1CCCCN1C(C)C)C(C)(C)C)C(=O)N1CCC[C@H]1C(=O)N1CCCCCCC1. The first-order chi connectivity index (χ1) is 21.1. The van der Waals surface area contributed by atoms with Crippen LogP contribution in [0.5, 0.6) is 0 Å². The molecule has 3 heterocycles. The highest BCUT2D eigenvalue weighted by Gasteiger charge is 2.41. The van der Waals surface area contributed by atoms with E-state index in [9.17, 15) is 19.2 Å². The molecule has 1 N–H and O–H groups in total. The normalized spacial score (nSPS) is 23.8. The molecule has 9 nitrogen and oxygen atoms in total. The third-order valence-electron chi connectivity index (χ3n) is 10.1. The van der Waals surface area contributed by atoms with Crippen molar-refractivity contribution in [2.75, 3.05) is 33.2 Å². The summed E-state index contributed by atoms with van der Waals surface area (Å²) in [7, 11) is 1.78. The number of hydrogen-bond donors (Lipinski definition) is 1. The van der Waals surface area contributed by atoms with Crippen LogP contribution in [0, 0.1) is 11.3 Å². The van der Waals surface area contributed by atoms with Crippen molar-refractivity contribution in [1.82, 2.24) is 24.9 Å². The molecule has 3 saturated heterocycles. The van der Waals surface area contributed by atoms with Crippen molar-refractivity contribution in [3.05, 3.63) is 11.6 Å². The molecule has 0 aliphatic carbocycles. The summed E-state index contributed by atoms with van der Waals surface area (Å²) in [5, 5.41) is 3.15. The number of amides is 4. The lowest BCUT2D eigenvalue weighted by Gasteiger charge is -2.41. The smallest absolute Gasteiger partial charge is 0.249 e. The highest BCUT2D eigenvalue weighted by Crippen LogP contribution is 2.27. The van der Waals surface area contributed by atoms with E-state index in [-0.39, 0.29) is 47.7 Å². The van der Waals surface area contributed by atoms with E-state index in [2.05, 4.69) is 24.1 Å². The van der Waals surface area contributed by atoms with Gasteiger partial charge in [-0.1, -0.05) is 66.4 Å². The van der Waals surface area contributed by atoms with Gasteiger partial charge in [-0.05, 0) is 77.2 Å². The Labute approximate surface area is 273 Å². The fourth-order valence-corrected chi connectivity index (χ4v) is 7.34. The Morgan fingerprint density at radius 1 is 0.800 bits per heavy atom. The predicted molar refractivity (Wildman–Crippen MR) is 180 cm³/mol. The van der Waals surface area contributed by atoms with Gasteiger partial charge < -0.3 is 20.0 Å². The topological polar surface area (TPSA) is 93.3 Å². The zero-order valence-corrected chi connectivity index (χ0v) is 29.9. The lowest BCUT2D eigenvalue weighted by molar-refractivity contribution is -0.142. The molecule has 256 valence electrons. The van der Waals surface area contributed by atoms with Crippen molar-refractivity contribution in [3.8, 4) is 0 Å². The summed E-state index contributed by atoms with van der Waals surface area (Å²) in [5.41, 5.74) is 0.0380. The van der Waals surface area contributed by atoms with Gasteiger partial charge in [0.1, 0.15) is 12.1 Å². The summed E-state index contributed by atoms with van der Waals surface area (Å²) in [4.78, 5) is 62.9. The second kappa shape index (κ2) is 16.4. The van der Waals surface area contributed by atoms with Gasteiger partial charge in [-0.25, -0.2) is 0 Å². The van der Waals surface area contributed by atoms with Crippen molar-refractivity contribution in [2.24, 2.45) is 11.3 Å². The fraction of sp³-hybridized carbons (Fsp3) is 0.833. The number of likely N-dealkylation sites (tertiary alicyclic amines) is 3. The van der Waals surface area contributed by atoms with Gasteiger partial charge in [0.25, 0.3) is 0 Å². The third-order valence-corrected chi connectivity index (χ3v) is 10.1. The molecule has 3 fully saturated rings. The van der Waals surface area contributed by atoms with Gasteiger partial charge in [-0.3, -0.25) is 24.1 Å². The van der Waals surface area contributed by atoms with E-state index in [1.807, 2.05) is 45.6 Å². The Balaban J connectivity index is 1.77. The van der Waals surface area contributed by atoms with E-state index in [0.29, 0.717) is 18.5 Å². The average Bonchev–Trinajstić information content (AvgIpc) is 3.46. The number of carbonyl (C=O) groups is 4. The molecule has 4 amide bonds. The number of hydrogen-bond acceptors (Lipinski definition) is 5. The van der Waals surface area contributed by atoms with Gasteiger partial charge in [0, 0.05) is 38.3 Å². The lowest BCUT2D eigenvalue weighted by atomic mass is 9.84. The van der Waals surface area contributed by atoms with Crippen molar-refractivity contribution < 1.29 is 19.2 Å². The molecule has 45 heavy (non-hydrogen) atoms. The van der Waals surface area contributed by atoms with Crippen molar-refractivity contribution in [2.45, 2.75) is 150 Å². The maximum absolute atomic E-state index is 14.2. The molecule has 0 aromatic heterocycles. The fourth-order valence-electron chi connectivity index (χ4n) is 7.34. The van der Waals surface area contributed by atoms with Crippen LogP contribution in [0.2, 0.25) is 0 Å². The minimum absolute atomic E-state index is 0.0323. The van der Waals surface area contributed by atoms with E-state index in [1.165, 1.54) is 6.42 Å². The summed E-state index contributed by atoms with van der Waals surface area (Å²) < 4.78 is 0. The highest BCUT2D eigenvalue weighted by molar-refractivity contribution is 5.97. The second-order valence-electron chi connectivity index (χ2n) is 15.4. The molecule has 0 spiro atoms. The van der Waals surface area contributed by atoms with Crippen molar-refractivity contribution in [3.63, 3.8) is 0 Å². The number of nitrogens with one attached hydrogen (secondary N) is 1. The zero-order valence-electron chi connectivity index (χ0n) is 29.9. The van der Waals surface area contributed by atoms with Gasteiger partial charge in [-0.15, -0.1) is 0 Å². The van der Waals surface area contributed by atoms with Crippen molar-refractivity contribution in [1.29, 1.82) is 0 Å². The standard InChI is InChI=1S/C36H63N5O4/c1-25(2)30(24-27(5)33(43)41-23-17-19-29(41)34(44)39-20-14-11-10-12-15-21-39)38(9)35(45)31(36(6,7)8)37-32(42)28-18-13-16-22-40(28)26(3)4/h24-26,28-31H,10-23H2,1-9H3,(H,37,42)/b27-24+/t28?,29-,30+,31+/m0/s1. The van der Waals surface area contributed by atoms with Gasteiger partial charge in [0.05, 0.1) is 12.1 Å². The molecule has 0 saturated carbocycles. The summed E-state index contributed by atoms with van der Waals surface area (Å²) >= 11 is 0. The van der Waals surface area contributed by atoms with E-state index >= 15 is 0 Å². The Bertz CT molecular complexity index is 1060. The first-order valence-electron chi connectivity index (χ1n) is 17.8. The number of piperidine rings is 1. The van der Waals surface area contributed by atoms with E-state index in [1.54, 1.807) is 23.8 Å². The summed E-state index contributed by atoms with van der Waals surface area (Å²) in [5.74, 6) is -0.260. The number of rotatable bonds is 9. The van der Waals surface area contributed by atoms with Crippen LogP contribution in [0.4, 0.5) is 0 Å². The summed E-state index contributed by atoms with van der Waals surface area (Å²) in [6.45, 7) is 19.1. The molecule has 3 aliphatic heterocycles. The summed E-state index contributed by atoms with van der Waals surface area (Å²) in [6, 6.07) is -1.46. The molecule has 0 radical (unpaired) electrons. The maximum atomic E-state index is 14.2. The average molecular weight is 630 g/mol. The minimum Gasteiger partial charge on any atom is -0.342 e. The predicted octanol–water partition coefficient (Wildman–Crippen LogP) is 4.99. The first kappa shape index (κ1) is 37.0. The van der Waals surface area contributed by atoms with Gasteiger partial charge in [0.15, 0.2) is 0 Å². The van der Waals surface area contributed by atoms with Gasteiger partial charge >= 0.3 is 0 Å². The molecule has 1 unspecified atom stereocenters. The van der Waals surface area contributed by atoms with Crippen LogP contribution in [0.3, 0.4) is 0 Å². The quantitative estimate of drug-likeness (QED) is 0.363. The molecule has 0 aromatic carbocycles. The van der Waals surface area contributed by atoms with Crippen LogP contribution < -0.4 is 5.32 Å². The Hall–Kier alpha value is -2.42. The van der Waals surface area contributed by atoms with Crippen molar-refractivity contribution >= 4 is 23.6 Å². The number of carbonyl (C=O) groups excluding carboxylic acids is 4. The van der Waals surface area contributed by atoms with Gasteiger partial charge in [0.2, 0.25) is 23.6 Å². The van der Waals surface area contributed by atoms with Crippen LogP contribution >= 0.6 is 0 Å². The van der Waals surface area contributed by atoms with E-state index in [4.69, 9.17) is 0 Å². The molecule has 0 bridgehead atoms. The van der Waals surface area contributed by atoms with Gasteiger partial charge in [-0.2, -0.15) is 0 Å². The van der Waals surface area contributed by atoms with Crippen LogP contribution in [0.25, 0.3) is 0 Å². The number of likely N-dealkylation sites (N-methyl/N-ethyl adjacent to an activating group) is 1. The Morgan fingerprint density at radius 2 is 1.38 bits per heavy atom. The third kappa shape index (κ3) is 9.55. The second-order valence-corrected chi connectivity index (χ2v) is 15.4. The first-order valence-corrected chi connectivity index (χ1v) is 17.8. The zero-order chi connectivity index (χ0) is 33.5. The maximum Gasteiger partial charge on any atom is 0.249 e. The largest absolute Gasteiger partial charge is 0.342 e. The van der Waals surface area contributed by atoms with E-state index in [0.717, 1.165) is 71.0 Å². The molecule has 3 rings (SSSR count). The number of nitrogens with zero attached hydrogens (tertiary/aromatic N) is 4. The monoisotopic (exact) mass is 629 g/mol. The molecule has 0 aromatic rings. The highest BCUT2D eigenvalue weighted by atomic mass is 16.2. The minimum atomic E-state index is -0.713. The van der Waals surface area contributed by atoms with Crippen LogP contribution in [-0.4, -0.2) is 107 Å². The lowest BCUT2D eigenvalue weighted by Crippen LogP contribution is -2.60. The Morgan fingerprint density at radius 3 is 1.96 bits per heavy atom.